The first-order valence-electron chi connectivity index (χ1n) is 6.38. The van der Waals surface area contributed by atoms with Gasteiger partial charge < -0.3 is 14.7 Å². The number of nitrogens with zero attached hydrogens (tertiary/aromatic N) is 1. The minimum absolute atomic E-state index is 0.0102. The molecule has 0 atom stereocenters. The van der Waals surface area contributed by atoms with E-state index in [-0.39, 0.29) is 11.7 Å². The summed E-state index contributed by atoms with van der Waals surface area (Å²) in [6, 6.07) is 4.73. The van der Waals surface area contributed by atoms with Crippen molar-refractivity contribution in [2.75, 3.05) is 26.1 Å². The molecule has 0 saturated carbocycles. The number of carbonyl (C=O) groups excluding carboxylic acids is 1. The summed E-state index contributed by atoms with van der Waals surface area (Å²) in [6.45, 7) is 1.45. The lowest BCUT2D eigenvalue weighted by molar-refractivity contribution is 0.0697. The number of hydrogen-bond donors (Lipinski definition) is 1. The molecule has 1 fully saturated rings. The third-order valence-electron chi connectivity index (χ3n) is 3.55. The maximum Gasteiger partial charge on any atom is 0.253 e. The minimum atomic E-state index is -0.0500. The summed E-state index contributed by atoms with van der Waals surface area (Å²) in [5, 5.41) is 9.71. The molecule has 104 valence electrons. The van der Waals surface area contributed by atoms with Gasteiger partial charge in [-0.3, -0.25) is 4.79 Å². The topological polar surface area (TPSA) is 49.8 Å². The standard InChI is InChI=1S/C14H18ClNO3/c1-19-13-3-2-11(8-12(13)17)14(18)16-6-4-10(9-15)5-7-16/h2-3,8,10,17H,4-7,9H2,1H3. The van der Waals surface area contributed by atoms with Crippen molar-refractivity contribution in [3.8, 4) is 11.5 Å². The van der Waals surface area contributed by atoms with Crippen LogP contribution < -0.4 is 4.74 Å². The molecule has 0 radical (unpaired) electrons. The van der Waals surface area contributed by atoms with Gasteiger partial charge in [-0.25, -0.2) is 0 Å². The molecular formula is C14H18ClNO3. The van der Waals surface area contributed by atoms with Gasteiger partial charge in [-0.1, -0.05) is 0 Å². The van der Waals surface area contributed by atoms with Gasteiger partial charge in [0.15, 0.2) is 11.5 Å². The van der Waals surface area contributed by atoms with Crippen molar-refractivity contribution in [3.63, 3.8) is 0 Å². The van der Waals surface area contributed by atoms with Gasteiger partial charge in [-0.05, 0) is 37.0 Å². The first-order valence-corrected chi connectivity index (χ1v) is 6.91. The molecule has 0 spiro atoms. The number of likely N-dealkylation sites (tertiary alicyclic amines) is 1. The Kier molecular flexibility index (Phi) is 4.53. The highest BCUT2D eigenvalue weighted by Crippen LogP contribution is 2.27. The summed E-state index contributed by atoms with van der Waals surface area (Å²) in [6.07, 6.45) is 1.88. The summed E-state index contributed by atoms with van der Waals surface area (Å²) in [7, 11) is 1.48. The monoisotopic (exact) mass is 283 g/mol. The zero-order valence-electron chi connectivity index (χ0n) is 10.9. The highest BCUT2D eigenvalue weighted by atomic mass is 35.5. The fourth-order valence-electron chi connectivity index (χ4n) is 2.30. The molecule has 0 unspecified atom stereocenters. The molecule has 1 aliphatic rings. The molecule has 5 heteroatoms. The second-order valence-electron chi connectivity index (χ2n) is 4.78. The van der Waals surface area contributed by atoms with Gasteiger partial charge in [0.1, 0.15) is 0 Å². The molecule has 19 heavy (non-hydrogen) atoms. The lowest BCUT2D eigenvalue weighted by Crippen LogP contribution is -2.38. The molecule has 1 saturated heterocycles. The lowest BCUT2D eigenvalue weighted by atomic mass is 9.98. The summed E-state index contributed by atoms with van der Waals surface area (Å²) in [5.74, 6) is 1.48. The van der Waals surface area contributed by atoms with E-state index in [4.69, 9.17) is 16.3 Å². The molecule has 1 heterocycles. The predicted molar refractivity (Wildman–Crippen MR) is 74.0 cm³/mol. The zero-order chi connectivity index (χ0) is 13.8. The maximum absolute atomic E-state index is 12.3. The molecular weight excluding hydrogens is 266 g/mol. The molecule has 4 nitrogen and oxygen atoms in total. The van der Waals surface area contributed by atoms with E-state index in [1.807, 2.05) is 4.90 Å². The van der Waals surface area contributed by atoms with E-state index in [9.17, 15) is 9.90 Å². The average Bonchev–Trinajstić information content (AvgIpc) is 2.46. The number of ether oxygens (including phenoxy) is 1. The van der Waals surface area contributed by atoms with Gasteiger partial charge in [0.25, 0.3) is 5.91 Å². The van der Waals surface area contributed by atoms with E-state index >= 15 is 0 Å². The number of hydrogen-bond acceptors (Lipinski definition) is 3. The van der Waals surface area contributed by atoms with Crippen LogP contribution in [0.4, 0.5) is 0 Å². The summed E-state index contributed by atoms with van der Waals surface area (Å²) >= 11 is 5.83. The number of amides is 1. The van der Waals surface area contributed by atoms with E-state index in [1.165, 1.54) is 13.2 Å². The number of aromatic hydroxyl groups is 1. The number of phenolic OH excluding ortho intramolecular Hbond substituents is 1. The molecule has 1 N–H and O–H groups in total. The lowest BCUT2D eigenvalue weighted by Gasteiger charge is -2.31. The SMILES string of the molecule is COc1ccc(C(=O)N2CCC(CCl)CC2)cc1O. The fourth-order valence-corrected chi connectivity index (χ4v) is 2.60. The van der Waals surface area contributed by atoms with Crippen LogP contribution in [-0.4, -0.2) is 42.0 Å². The molecule has 0 bridgehead atoms. The van der Waals surface area contributed by atoms with Crippen LogP contribution in [0, 0.1) is 5.92 Å². The Morgan fingerprint density at radius 2 is 2.16 bits per heavy atom. The Morgan fingerprint density at radius 1 is 1.47 bits per heavy atom. The van der Waals surface area contributed by atoms with Crippen LogP contribution in [0.5, 0.6) is 11.5 Å². The molecule has 1 aliphatic heterocycles. The van der Waals surface area contributed by atoms with Crippen molar-refractivity contribution >= 4 is 17.5 Å². The molecule has 0 aromatic heterocycles. The first-order chi connectivity index (χ1) is 9.15. The van der Waals surface area contributed by atoms with Crippen molar-refractivity contribution in [2.45, 2.75) is 12.8 Å². The van der Waals surface area contributed by atoms with Crippen molar-refractivity contribution < 1.29 is 14.6 Å². The van der Waals surface area contributed by atoms with Crippen LogP contribution in [0.3, 0.4) is 0 Å². The average molecular weight is 284 g/mol. The van der Waals surface area contributed by atoms with E-state index in [1.54, 1.807) is 12.1 Å². The Hall–Kier alpha value is -1.42. The Morgan fingerprint density at radius 3 is 2.68 bits per heavy atom. The van der Waals surface area contributed by atoms with Crippen molar-refractivity contribution in [3.05, 3.63) is 23.8 Å². The number of phenols is 1. The number of methoxy groups -OCH3 is 1. The summed E-state index contributed by atoms with van der Waals surface area (Å²) in [4.78, 5) is 14.1. The smallest absolute Gasteiger partial charge is 0.253 e. The van der Waals surface area contributed by atoms with E-state index in [2.05, 4.69) is 0 Å². The van der Waals surface area contributed by atoms with Gasteiger partial charge >= 0.3 is 0 Å². The van der Waals surface area contributed by atoms with Crippen LogP contribution >= 0.6 is 11.6 Å². The second kappa shape index (κ2) is 6.15. The number of piperidine rings is 1. The number of halogens is 1. The van der Waals surface area contributed by atoms with Gasteiger partial charge in [-0.15, -0.1) is 11.6 Å². The maximum atomic E-state index is 12.3. The molecule has 1 amide bonds. The van der Waals surface area contributed by atoms with Gasteiger partial charge in [-0.2, -0.15) is 0 Å². The van der Waals surface area contributed by atoms with Crippen LogP contribution in [0.1, 0.15) is 23.2 Å². The number of benzene rings is 1. The van der Waals surface area contributed by atoms with Gasteiger partial charge in [0.05, 0.1) is 7.11 Å². The van der Waals surface area contributed by atoms with Gasteiger partial charge in [0.2, 0.25) is 0 Å². The molecule has 2 rings (SSSR count). The Bertz CT molecular complexity index is 456. The van der Waals surface area contributed by atoms with Crippen molar-refractivity contribution in [1.29, 1.82) is 0 Å². The summed E-state index contributed by atoms with van der Waals surface area (Å²) < 4.78 is 4.96. The number of alkyl halides is 1. The quantitative estimate of drug-likeness (QED) is 0.867. The molecule has 0 aliphatic carbocycles. The molecule has 1 aromatic rings. The third-order valence-corrected chi connectivity index (χ3v) is 3.98. The minimum Gasteiger partial charge on any atom is -0.504 e. The number of carbonyl (C=O) groups is 1. The van der Waals surface area contributed by atoms with Crippen LogP contribution in [-0.2, 0) is 0 Å². The van der Waals surface area contributed by atoms with E-state index in [0.29, 0.717) is 23.1 Å². The summed E-state index contributed by atoms with van der Waals surface area (Å²) in [5.41, 5.74) is 0.489. The number of rotatable bonds is 3. The van der Waals surface area contributed by atoms with Gasteiger partial charge in [0, 0.05) is 24.5 Å². The van der Waals surface area contributed by atoms with E-state index in [0.717, 1.165) is 25.9 Å². The largest absolute Gasteiger partial charge is 0.504 e. The second-order valence-corrected chi connectivity index (χ2v) is 5.09. The highest BCUT2D eigenvalue weighted by molar-refractivity contribution is 6.18. The van der Waals surface area contributed by atoms with Crippen LogP contribution in [0.25, 0.3) is 0 Å². The molecule has 1 aromatic carbocycles. The predicted octanol–water partition coefficient (Wildman–Crippen LogP) is 2.49. The van der Waals surface area contributed by atoms with Crippen molar-refractivity contribution in [1.82, 2.24) is 4.90 Å². The van der Waals surface area contributed by atoms with E-state index < -0.39 is 0 Å². The van der Waals surface area contributed by atoms with Crippen LogP contribution in [0.15, 0.2) is 18.2 Å². The third kappa shape index (κ3) is 3.13. The van der Waals surface area contributed by atoms with Crippen LogP contribution in [0.2, 0.25) is 0 Å². The van der Waals surface area contributed by atoms with Crippen molar-refractivity contribution in [2.24, 2.45) is 5.92 Å². The zero-order valence-corrected chi connectivity index (χ0v) is 11.7. The Balaban J connectivity index is 2.06. The normalized spacial score (nSPS) is 16.4. The Labute approximate surface area is 117 Å². The fraction of sp³-hybridized carbons (Fsp3) is 0.500. The highest BCUT2D eigenvalue weighted by Gasteiger charge is 2.23. The first kappa shape index (κ1) is 14.0.